The molecule has 0 saturated carbocycles. The van der Waals surface area contributed by atoms with E-state index < -0.39 is 5.97 Å². The number of hydrogen-bond acceptors (Lipinski definition) is 6. The van der Waals surface area contributed by atoms with Gasteiger partial charge in [0.05, 0.1) is 31.2 Å². The second-order valence-corrected chi connectivity index (χ2v) is 6.95. The van der Waals surface area contributed by atoms with Crippen LogP contribution in [0.25, 0.3) is 22.0 Å². The van der Waals surface area contributed by atoms with Gasteiger partial charge in [-0.15, -0.1) is 0 Å². The first-order valence-corrected chi connectivity index (χ1v) is 9.72. The number of nitrogens with two attached hydrogens (primary N) is 1. The summed E-state index contributed by atoms with van der Waals surface area (Å²) in [5, 5.41) is 1.96. The molecule has 0 aliphatic carbocycles. The molecule has 4 aromatic rings. The predicted octanol–water partition coefficient (Wildman–Crippen LogP) is 4.86. The van der Waals surface area contributed by atoms with E-state index in [1.54, 1.807) is 26.5 Å². The molecule has 0 atom stereocenters. The summed E-state index contributed by atoms with van der Waals surface area (Å²) >= 11 is 0. The van der Waals surface area contributed by atoms with Gasteiger partial charge in [0.2, 0.25) is 0 Å². The largest absolute Gasteiger partial charge is 0.493 e. The molecule has 3 aromatic carbocycles. The fourth-order valence-corrected chi connectivity index (χ4v) is 3.42. The molecule has 0 aliphatic heterocycles. The standard InChI is InChI=1S/C25H22N2O4/c1-29-21-13-18-9-8-16(12-19(18)14-22(21)30-2)15-31-25(28)20-10-11-27-24(23(20)26)17-6-4-3-5-7-17/h3-14H,15,26H2,1-2H3. The maximum absolute atomic E-state index is 12.7. The van der Waals surface area contributed by atoms with Crippen molar-refractivity contribution in [2.75, 3.05) is 20.0 Å². The van der Waals surface area contributed by atoms with E-state index in [9.17, 15) is 4.79 Å². The molecule has 4 rings (SSSR count). The van der Waals surface area contributed by atoms with Crippen LogP contribution in [0.5, 0.6) is 11.5 Å². The number of hydrogen-bond donors (Lipinski definition) is 1. The van der Waals surface area contributed by atoms with E-state index in [0.717, 1.165) is 21.9 Å². The summed E-state index contributed by atoms with van der Waals surface area (Å²) in [6.07, 6.45) is 1.56. The minimum atomic E-state index is -0.496. The molecule has 6 heteroatoms. The van der Waals surface area contributed by atoms with Crippen molar-refractivity contribution in [2.24, 2.45) is 0 Å². The average Bonchev–Trinajstić information content (AvgIpc) is 2.82. The highest BCUT2D eigenvalue weighted by atomic mass is 16.5. The Morgan fingerprint density at radius 1 is 0.903 bits per heavy atom. The van der Waals surface area contributed by atoms with Gasteiger partial charge in [0.1, 0.15) is 6.61 Å². The van der Waals surface area contributed by atoms with Crippen LogP contribution in [0, 0.1) is 0 Å². The first-order valence-electron chi connectivity index (χ1n) is 9.72. The lowest BCUT2D eigenvalue weighted by Crippen LogP contribution is -2.10. The van der Waals surface area contributed by atoms with Gasteiger partial charge in [0.25, 0.3) is 0 Å². The number of carbonyl (C=O) groups is 1. The van der Waals surface area contributed by atoms with E-state index in [-0.39, 0.29) is 6.61 Å². The van der Waals surface area contributed by atoms with Crippen LogP contribution in [0.1, 0.15) is 15.9 Å². The molecule has 0 aliphatic rings. The molecule has 0 fully saturated rings. The van der Waals surface area contributed by atoms with Crippen LogP contribution in [0.4, 0.5) is 5.69 Å². The molecule has 0 saturated heterocycles. The minimum Gasteiger partial charge on any atom is -0.493 e. The van der Waals surface area contributed by atoms with Crippen molar-refractivity contribution in [3.8, 4) is 22.8 Å². The first-order chi connectivity index (χ1) is 15.1. The van der Waals surface area contributed by atoms with Gasteiger partial charge in [-0.1, -0.05) is 42.5 Å². The van der Waals surface area contributed by atoms with Crippen molar-refractivity contribution in [1.29, 1.82) is 0 Å². The highest BCUT2D eigenvalue weighted by Gasteiger charge is 2.16. The second kappa shape index (κ2) is 8.75. The third-order valence-corrected chi connectivity index (χ3v) is 5.03. The zero-order valence-corrected chi connectivity index (χ0v) is 17.3. The number of nitrogens with zero attached hydrogens (tertiary/aromatic N) is 1. The molecule has 0 radical (unpaired) electrons. The van der Waals surface area contributed by atoms with Crippen molar-refractivity contribution in [1.82, 2.24) is 4.98 Å². The highest BCUT2D eigenvalue weighted by molar-refractivity contribution is 5.98. The molecule has 0 spiro atoms. The summed E-state index contributed by atoms with van der Waals surface area (Å²) in [5.41, 5.74) is 9.07. The highest BCUT2D eigenvalue weighted by Crippen LogP contribution is 2.33. The maximum atomic E-state index is 12.7. The molecule has 1 aromatic heterocycles. The Bertz CT molecular complexity index is 1240. The van der Waals surface area contributed by atoms with Crippen LogP contribution in [-0.2, 0) is 11.3 Å². The predicted molar refractivity (Wildman–Crippen MR) is 120 cm³/mol. The molecule has 31 heavy (non-hydrogen) atoms. The number of rotatable bonds is 6. The number of ether oxygens (including phenoxy) is 3. The average molecular weight is 414 g/mol. The van der Waals surface area contributed by atoms with E-state index in [4.69, 9.17) is 19.9 Å². The van der Waals surface area contributed by atoms with Gasteiger partial charge in [0, 0.05) is 11.8 Å². The molecule has 0 unspecified atom stereocenters. The molecular weight excluding hydrogens is 392 g/mol. The van der Waals surface area contributed by atoms with Crippen molar-refractivity contribution in [3.05, 3.63) is 84.1 Å². The quantitative estimate of drug-likeness (QED) is 0.454. The van der Waals surface area contributed by atoms with Gasteiger partial charge in [-0.05, 0) is 40.6 Å². The summed E-state index contributed by atoms with van der Waals surface area (Å²) in [5.74, 6) is 0.809. The van der Waals surface area contributed by atoms with Crippen LogP contribution in [0.15, 0.2) is 72.9 Å². The Hall–Kier alpha value is -4.06. The monoisotopic (exact) mass is 414 g/mol. The van der Waals surface area contributed by atoms with Crippen molar-refractivity contribution >= 4 is 22.4 Å². The zero-order chi connectivity index (χ0) is 21.8. The lowest BCUT2D eigenvalue weighted by Gasteiger charge is -2.12. The van der Waals surface area contributed by atoms with Crippen LogP contribution in [-0.4, -0.2) is 25.2 Å². The van der Waals surface area contributed by atoms with Gasteiger partial charge in [0.15, 0.2) is 11.5 Å². The smallest absolute Gasteiger partial charge is 0.340 e. The van der Waals surface area contributed by atoms with Crippen LogP contribution in [0.2, 0.25) is 0 Å². The van der Waals surface area contributed by atoms with Crippen LogP contribution >= 0.6 is 0 Å². The number of pyridine rings is 1. The number of methoxy groups -OCH3 is 2. The molecule has 156 valence electrons. The zero-order valence-electron chi connectivity index (χ0n) is 17.3. The summed E-state index contributed by atoms with van der Waals surface area (Å²) in [6, 6.07) is 20.7. The molecule has 6 nitrogen and oxygen atoms in total. The van der Waals surface area contributed by atoms with Gasteiger partial charge in [-0.2, -0.15) is 0 Å². The third kappa shape index (κ3) is 4.14. The summed E-state index contributed by atoms with van der Waals surface area (Å²) in [7, 11) is 3.20. The summed E-state index contributed by atoms with van der Waals surface area (Å²) < 4.78 is 16.2. The third-order valence-electron chi connectivity index (χ3n) is 5.03. The van der Waals surface area contributed by atoms with E-state index in [0.29, 0.717) is 28.4 Å². The van der Waals surface area contributed by atoms with Gasteiger partial charge >= 0.3 is 5.97 Å². The Morgan fingerprint density at radius 2 is 1.61 bits per heavy atom. The fourth-order valence-electron chi connectivity index (χ4n) is 3.42. The topological polar surface area (TPSA) is 83.7 Å². The van der Waals surface area contributed by atoms with Gasteiger partial charge < -0.3 is 19.9 Å². The van der Waals surface area contributed by atoms with E-state index in [1.807, 2.05) is 60.7 Å². The van der Waals surface area contributed by atoms with Crippen molar-refractivity contribution in [3.63, 3.8) is 0 Å². The molecule has 0 bridgehead atoms. The lowest BCUT2D eigenvalue weighted by atomic mass is 10.1. The number of nitrogen functional groups attached to an aromatic ring is 1. The van der Waals surface area contributed by atoms with Crippen LogP contribution < -0.4 is 15.2 Å². The first kappa shape index (κ1) is 20.2. The van der Waals surface area contributed by atoms with Crippen molar-refractivity contribution < 1.29 is 19.0 Å². The van der Waals surface area contributed by atoms with Crippen LogP contribution in [0.3, 0.4) is 0 Å². The number of anilines is 1. The maximum Gasteiger partial charge on any atom is 0.340 e. The number of benzene rings is 3. The molecular formula is C25H22N2O4. The van der Waals surface area contributed by atoms with Gasteiger partial charge in [-0.25, -0.2) is 4.79 Å². The Labute approximate surface area is 180 Å². The van der Waals surface area contributed by atoms with E-state index in [2.05, 4.69) is 4.98 Å². The Balaban J connectivity index is 1.54. The lowest BCUT2D eigenvalue weighted by molar-refractivity contribution is 0.0474. The minimum absolute atomic E-state index is 0.117. The normalized spacial score (nSPS) is 10.6. The van der Waals surface area contributed by atoms with E-state index >= 15 is 0 Å². The number of aromatic nitrogens is 1. The number of esters is 1. The summed E-state index contributed by atoms with van der Waals surface area (Å²) in [4.78, 5) is 17.0. The Morgan fingerprint density at radius 3 is 2.32 bits per heavy atom. The Kier molecular flexibility index (Phi) is 5.71. The molecule has 2 N–H and O–H groups in total. The summed E-state index contributed by atoms with van der Waals surface area (Å²) in [6.45, 7) is 0.117. The number of fused-ring (bicyclic) bond motifs is 1. The second-order valence-electron chi connectivity index (χ2n) is 6.95. The number of carbonyl (C=O) groups excluding carboxylic acids is 1. The van der Waals surface area contributed by atoms with E-state index in [1.165, 1.54) is 0 Å². The molecule has 1 heterocycles. The fraction of sp³-hybridized carbons (Fsp3) is 0.120. The van der Waals surface area contributed by atoms with Crippen molar-refractivity contribution in [2.45, 2.75) is 6.61 Å². The molecule has 0 amide bonds. The van der Waals surface area contributed by atoms with Gasteiger partial charge in [-0.3, -0.25) is 4.98 Å². The SMILES string of the molecule is COc1cc2ccc(COC(=O)c3ccnc(-c4ccccc4)c3N)cc2cc1OC.